The molecule has 1 aromatic heterocycles. The molecule has 0 amide bonds. The molecule has 138 valence electrons. The maximum absolute atomic E-state index is 11.6. The maximum Gasteiger partial charge on any atom is 0.335 e. The SMILES string of the molecule is CC/C=C/C(=O)Oc1ccc(-c2ccc(-c3ccc(CCC)s3)cc2)cc1. The van der Waals surface area contributed by atoms with Crippen LogP contribution in [0.25, 0.3) is 21.6 Å². The van der Waals surface area contributed by atoms with Gasteiger partial charge in [0.2, 0.25) is 0 Å². The van der Waals surface area contributed by atoms with E-state index < -0.39 is 0 Å². The van der Waals surface area contributed by atoms with Gasteiger partial charge < -0.3 is 4.74 Å². The van der Waals surface area contributed by atoms with Crippen molar-refractivity contribution in [3.8, 4) is 27.3 Å². The summed E-state index contributed by atoms with van der Waals surface area (Å²) in [5.74, 6) is 0.218. The predicted molar refractivity (Wildman–Crippen MR) is 114 cm³/mol. The summed E-state index contributed by atoms with van der Waals surface area (Å²) >= 11 is 1.87. The number of allylic oxidation sites excluding steroid dienone is 1. The summed E-state index contributed by atoms with van der Waals surface area (Å²) in [7, 11) is 0. The highest BCUT2D eigenvalue weighted by molar-refractivity contribution is 7.15. The van der Waals surface area contributed by atoms with Crippen molar-refractivity contribution < 1.29 is 9.53 Å². The normalized spacial score (nSPS) is 11.0. The van der Waals surface area contributed by atoms with Crippen LogP contribution < -0.4 is 4.74 Å². The molecule has 0 radical (unpaired) electrons. The minimum absolute atomic E-state index is 0.340. The largest absolute Gasteiger partial charge is 0.423 e. The zero-order valence-electron chi connectivity index (χ0n) is 15.8. The summed E-state index contributed by atoms with van der Waals surface area (Å²) in [6, 6.07) is 20.7. The number of hydrogen-bond donors (Lipinski definition) is 0. The minimum Gasteiger partial charge on any atom is -0.423 e. The van der Waals surface area contributed by atoms with Crippen molar-refractivity contribution in [3.63, 3.8) is 0 Å². The van der Waals surface area contributed by atoms with Crippen LogP contribution in [-0.2, 0) is 11.2 Å². The zero-order valence-corrected chi connectivity index (χ0v) is 16.6. The monoisotopic (exact) mass is 376 g/mol. The van der Waals surface area contributed by atoms with Gasteiger partial charge in [-0.1, -0.05) is 62.7 Å². The fourth-order valence-corrected chi connectivity index (χ4v) is 3.94. The standard InChI is InChI=1S/C24H24O2S/c1-3-5-7-24(25)26-21-14-12-19(13-15-21)18-8-10-20(11-9-18)23-17-16-22(27-23)6-4-2/h5,7-17H,3-4,6H2,1-2H3/b7-5+. The number of ether oxygens (including phenoxy) is 1. The van der Waals surface area contributed by atoms with Gasteiger partial charge >= 0.3 is 5.97 Å². The Bertz CT molecular complexity index is 902. The van der Waals surface area contributed by atoms with Crippen molar-refractivity contribution in [2.45, 2.75) is 33.1 Å². The van der Waals surface area contributed by atoms with Gasteiger partial charge in [0, 0.05) is 15.8 Å². The summed E-state index contributed by atoms with van der Waals surface area (Å²) < 4.78 is 5.28. The Hall–Kier alpha value is -2.65. The lowest BCUT2D eigenvalue weighted by Crippen LogP contribution is -2.03. The van der Waals surface area contributed by atoms with Crippen LogP contribution in [0.4, 0.5) is 0 Å². The lowest BCUT2D eigenvalue weighted by molar-refractivity contribution is -0.129. The fraction of sp³-hybridized carbons (Fsp3) is 0.208. The van der Waals surface area contributed by atoms with E-state index >= 15 is 0 Å². The molecule has 0 saturated heterocycles. The van der Waals surface area contributed by atoms with Crippen molar-refractivity contribution in [1.29, 1.82) is 0 Å². The van der Waals surface area contributed by atoms with Crippen LogP contribution in [0.5, 0.6) is 5.75 Å². The van der Waals surface area contributed by atoms with E-state index in [9.17, 15) is 4.79 Å². The van der Waals surface area contributed by atoms with Gasteiger partial charge in [-0.2, -0.15) is 0 Å². The van der Waals surface area contributed by atoms with E-state index in [4.69, 9.17) is 4.74 Å². The average molecular weight is 377 g/mol. The molecule has 0 N–H and O–H groups in total. The molecule has 0 unspecified atom stereocenters. The molecule has 0 bridgehead atoms. The lowest BCUT2D eigenvalue weighted by Gasteiger charge is -2.06. The molecule has 0 saturated carbocycles. The smallest absolute Gasteiger partial charge is 0.335 e. The molecule has 1 heterocycles. The van der Waals surface area contributed by atoms with Crippen molar-refractivity contribution in [3.05, 3.63) is 77.7 Å². The topological polar surface area (TPSA) is 26.3 Å². The molecule has 3 aromatic rings. The predicted octanol–water partition coefficient (Wildman–Crippen LogP) is 6.91. The highest BCUT2D eigenvalue weighted by Crippen LogP contribution is 2.31. The molecule has 0 aliphatic heterocycles. The second-order valence-electron chi connectivity index (χ2n) is 6.35. The van der Waals surface area contributed by atoms with Crippen LogP contribution in [0.1, 0.15) is 31.6 Å². The Morgan fingerprint density at radius 1 is 0.889 bits per heavy atom. The van der Waals surface area contributed by atoms with Gasteiger partial charge in [0.15, 0.2) is 0 Å². The number of rotatable bonds is 7. The van der Waals surface area contributed by atoms with Crippen LogP contribution in [-0.4, -0.2) is 5.97 Å². The van der Waals surface area contributed by atoms with E-state index in [0.29, 0.717) is 5.75 Å². The Kier molecular flexibility index (Phi) is 6.61. The number of hydrogen-bond acceptors (Lipinski definition) is 3. The van der Waals surface area contributed by atoms with Gasteiger partial charge in [0.25, 0.3) is 0 Å². The molecule has 0 atom stereocenters. The summed E-state index contributed by atoms with van der Waals surface area (Å²) in [4.78, 5) is 14.4. The van der Waals surface area contributed by atoms with Crippen molar-refractivity contribution in [1.82, 2.24) is 0 Å². The lowest BCUT2D eigenvalue weighted by atomic mass is 10.0. The number of carbonyl (C=O) groups is 1. The number of carbonyl (C=O) groups excluding carboxylic acids is 1. The van der Waals surface area contributed by atoms with Crippen molar-refractivity contribution in [2.75, 3.05) is 0 Å². The summed E-state index contributed by atoms with van der Waals surface area (Å²) in [5.41, 5.74) is 3.50. The Morgan fingerprint density at radius 2 is 1.52 bits per heavy atom. The molecule has 2 nitrogen and oxygen atoms in total. The zero-order chi connectivity index (χ0) is 19.1. The number of benzene rings is 2. The first kappa shape index (κ1) is 19.1. The van der Waals surface area contributed by atoms with Gasteiger partial charge in [-0.15, -0.1) is 11.3 Å². The number of aryl methyl sites for hydroxylation is 1. The van der Waals surface area contributed by atoms with E-state index in [1.807, 2.05) is 42.5 Å². The first-order chi connectivity index (χ1) is 13.2. The molecule has 0 fully saturated rings. The second-order valence-corrected chi connectivity index (χ2v) is 7.52. The van der Waals surface area contributed by atoms with Gasteiger partial charge in [-0.05, 0) is 53.8 Å². The fourth-order valence-electron chi connectivity index (χ4n) is 2.82. The maximum atomic E-state index is 11.6. The van der Waals surface area contributed by atoms with E-state index in [0.717, 1.165) is 24.0 Å². The summed E-state index contributed by atoms with van der Waals surface area (Å²) in [6.45, 7) is 4.19. The molecule has 2 aromatic carbocycles. The van der Waals surface area contributed by atoms with E-state index in [-0.39, 0.29) is 5.97 Å². The van der Waals surface area contributed by atoms with Crippen molar-refractivity contribution >= 4 is 17.3 Å². The van der Waals surface area contributed by atoms with E-state index in [1.165, 1.54) is 27.8 Å². The quantitative estimate of drug-likeness (QED) is 0.254. The Labute approximate surface area is 165 Å². The third kappa shape index (κ3) is 5.18. The highest BCUT2D eigenvalue weighted by atomic mass is 32.1. The second kappa shape index (κ2) is 9.33. The highest BCUT2D eigenvalue weighted by Gasteiger charge is 2.05. The molecule has 0 aliphatic carbocycles. The molecule has 3 rings (SSSR count). The molecule has 0 aliphatic rings. The van der Waals surface area contributed by atoms with E-state index in [2.05, 4.69) is 43.3 Å². The van der Waals surface area contributed by atoms with Crippen LogP contribution in [0.15, 0.2) is 72.8 Å². The summed E-state index contributed by atoms with van der Waals surface area (Å²) in [5, 5.41) is 0. The third-order valence-electron chi connectivity index (χ3n) is 4.22. The molecule has 0 spiro atoms. The molecular weight excluding hydrogens is 352 g/mol. The Morgan fingerprint density at radius 3 is 2.15 bits per heavy atom. The van der Waals surface area contributed by atoms with Crippen LogP contribution in [0, 0.1) is 0 Å². The molecule has 3 heteroatoms. The number of thiophene rings is 1. The summed E-state index contributed by atoms with van der Waals surface area (Å²) in [6.07, 6.45) is 6.39. The average Bonchev–Trinajstić information content (AvgIpc) is 3.16. The van der Waals surface area contributed by atoms with Crippen LogP contribution in [0.3, 0.4) is 0 Å². The molecular formula is C24H24O2S. The van der Waals surface area contributed by atoms with Gasteiger partial charge in [0.1, 0.15) is 5.75 Å². The van der Waals surface area contributed by atoms with E-state index in [1.54, 1.807) is 6.08 Å². The van der Waals surface area contributed by atoms with Crippen LogP contribution in [0.2, 0.25) is 0 Å². The first-order valence-corrected chi connectivity index (χ1v) is 10.2. The van der Waals surface area contributed by atoms with Gasteiger partial charge in [-0.3, -0.25) is 0 Å². The first-order valence-electron chi connectivity index (χ1n) is 9.37. The number of esters is 1. The molecule has 27 heavy (non-hydrogen) atoms. The van der Waals surface area contributed by atoms with Gasteiger partial charge in [-0.25, -0.2) is 4.79 Å². The third-order valence-corrected chi connectivity index (χ3v) is 5.42. The Balaban J connectivity index is 1.69. The minimum atomic E-state index is -0.340. The van der Waals surface area contributed by atoms with Crippen molar-refractivity contribution in [2.24, 2.45) is 0 Å². The van der Waals surface area contributed by atoms with Crippen LogP contribution >= 0.6 is 11.3 Å². The van der Waals surface area contributed by atoms with Gasteiger partial charge in [0.05, 0.1) is 0 Å².